The molecule has 0 aliphatic carbocycles. The Kier molecular flexibility index (Phi) is 5.93. The number of halogens is 1. The van der Waals surface area contributed by atoms with Gasteiger partial charge in [0.15, 0.2) is 17.4 Å². The van der Waals surface area contributed by atoms with Gasteiger partial charge in [-0.2, -0.15) is 5.10 Å². The first kappa shape index (κ1) is 18.7. The van der Waals surface area contributed by atoms with Gasteiger partial charge in [-0.3, -0.25) is 14.8 Å². The normalized spacial score (nSPS) is 17.9. The zero-order chi connectivity index (χ0) is 19.2. The number of nitrogens with one attached hydrogen (secondary N) is 2. The lowest BCUT2D eigenvalue weighted by molar-refractivity contribution is 0.0964. The Morgan fingerprint density at radius 1 is 1.33 bits per heavy atom. The number of hydrogen-bond donors (Lipinski definition) is 3. The molecule has 2 aromatic rings. The van der Waals surface area contributed by atoms with Gasteiger partial charge in [-0.1, -0.05) is 48.0 Å². The van der Waals surface area contributed by atoms with Crippen molar-refractivity contribution in [2.75, 3.05) is 13.1 Å². The molecule has 0 spiro atoms. The van der Waals surface area contributed by atoms with Crippen molar-refractivity contribution in [1.29, 1.82) is 0 Å². The lowest BCUT2D eigenvalue weighted by atomic mass is 10.1. The van der Waals surface area contributed by atoms with Crippen molar-refractivity contribution in [1.82, 2.24) is 20.4 Å². The zero-order valence-electron chi connectivity index (χ0n) is 14.8. The summed E-state index contributed by atoms with van der Waals surface area (Å²) in [5.41, 5.74) is 1.14. The standard InChI is InChI=1S/C19H20ClN5O2/c1-25-16(17(26)15(24-25)13-7-3-2-4-8-13)18(27)23-19-21-11-6-5-9-14(20)10-12-22-19/h2-5,7-10,26H,6,11-12H2,1H3,(H2,21,22,23,27)/b9-5-,14-10+. The van der Waals surface area contributed by atoms with Crippen LogP contribution >= 0.6 is 11.6 Å². The van der Waals surface area contributed by atoms with E-state index in [1.807, 2.05) is 42.5 Å². The number of hydrogen-bond acceptors (Lipinski definition) is 5. The molecule has 0 fully saturated rings. The lowest BCUT2D eigenvalue weighted by Crippen LogP contribution is -2.42. The number of aromatic hydroxyl groups is 1. The molecule has 3 N–H and O–H groups in total. The van der Waals surface area contributed by atoms with Crippen LogP contribution in [0.1, 0.15) is 16.9 Å². The highest BCUT2D eigenvalue weighted by atomic mass is 35.5. The highest BCUT2D eigenvalue weighted by molar-refractivity contribution is 6.31. The van der Waals surface area contributed by atoms with Crippen LogP contribution in [0.15, 0.2) is 58.6 Å². The number of nitrogens with zero attached hydrogens (tertiary/aromatic N) is 3. The van der Waals surface area contributed by atoms with Gasteiger partial charge in [0.2, 0.25) is 0 Å². The highest BCUT2D eigenvalue weighted by Crippen LogP contribution is 2.30. The average molecular weight is 386 g/mol. The Morgan fingerprint density at radius 3 is 2.89 bits per heavy atom. The summed E-state index contributed by atoms with van der Waals surface area (Å²) in [5.74, 6) is -0.357. The molecule has 1 amide bonds. The molecule has 0 saturated carbocycles. The van der Waals surface area contributed by atoms with Crippen LogP contribution in [-0.2, 0) is 7.05 Å². The molecule has 1 aromatic heterocycles. The number of rotatable bonds is 2. The van der Waals surface area contributed by atoms with Gasteiger partial charge in [-0.15, -0.1) is 0 Å². The molecule has 1 aliphatic heterocycles. The van der Waals surface area contributed by atoms with Crippen molar-refractivity contribution in [2.45, 2.75) is 6.42 Å². The first-order chi connectivity index (χ1) is 13.1. The molecular formula is C19H20ClN5O2. The summed E-state index contributed by atoms with van der Waals surface area (Å²) < 4.78 is 1.35. The monoisotopic (exact) mass is 385 g/mol. The molecule has 3 rings (SSSR count). The maximum Gasteiger partial charge on any atom is 0.280 e. The number of amides is 1. The van der Waals surface area contributed by atoms with Crippen LogP contribution in [-0.4, -0.2) is 39.8 Å². The van der Waals surface area contributed by atoms with Gasteiger partial charge in [0, 0.05) is 24.2 Å². The predicted molar refractivity (Wildman–Crippen MR) is 106 cm³/mol. The number of aryl methyl sites for hydroxylation is 1. The fourth-order valence-electron chi connectivity index (χ4n) is 2.63. The maximum absolute atomic E-state index is 12.7. The molecule has 0 bridgehead atoms. The minimum Gasteiger partial charge on any atom is -0.504 e. The van der Waals surface area contributed by atoms with E-state index in [0.29, 0.717) is 29.8 Å². The number of benzene rings is 1. The molecule has 0 saturated heterocycles. The second-order valence-electron chi connectivity index (χ2n) is 5.89. The SMILES string of the molecule is Cn1nc(-c2ccccc2)c(O)c1C(=O)NC1=NC/C=C(Cl)\C=C/CCN1. The Morgan fingerprint density at radius 2 is 2.11 bits per heavy atom. The zero-order valence-corrected chi connectivity index (χ0v) is 15.6. The summed E-state index contributed by atoms with van der Waals surface area (Å²) in [6.45, 7) is 0.908. The first-order valence-corrected chi connectivity index (χ1v) is 8.87. The van der Waals surface area contributed by atoms with Gasteiger partial charge in [-0.25, -0.2) is 4.99 Å². The van der Waals surface area contributed by atoms with Crippen molar-refractivity contribution >= 4 is 23.5 Å². The molecule has 1 aromatic carbocycles. The molecule has 27 heavy (non-hydrogen) atoms. The number of carbonyl (C=O) groups is 1. The van der Waals surface area contributed by atoms with E-state index >= 15 is 0 Å². The Bertz CT molecular complexity index is 916. The fraction of sp³-hybridized carbons (Fsp3) is 0.211. The summed E-state index contributed by atoms with van der Waals surface area (Å²) in [4.78, 5) is 17.0. The van der Waals surface area contributed by atoms with E-state index in [1.165, 1.54) is 4.68 Å². The van der Waals surface area contributed by atoms with Gasteiger partial charge in [0.05, 0.1) is 6.54 Å². The fourth-order valence-corrected chi connectivity index (χ4v) is 2.78. The van der Waals surface area contributed by atoms with Gasteiger partial charge >= 0.3 is 0 Å². The van der Waals surface area contributed by atoms with Crippen molar-refractivity contribution < 1.29 is 9.90 Å². The number of carbonyl (C=O) groups excluding carboxylic acids is 1. The minimum absolute atomic E-state index is 0.0592. The Labute approximate surface area is 162 Å². The van der Waals surface area contributed by atoms with Crippen LogP contribution < -0.4 is 10.6 Å². The Hall–Kier alpha value is -3.06. The van der Waals surface area contributed by atoms with E-state index in [4.69, 9.17) is 11.6 Å². The summed E-state index contributed by atoms with van der Waals surface area (Å²) >= 11 is 6.02. The smallest absolute Gasteiger partial charge is 0.280 e. The van der Waals surface area contributed by atoms with Crippen LogP contribution in [0.25, 0.3) is 11.3 Å². The van der Waals surface area contributed by atoms with E-state index in [1.54, 1.807) is 13.1 Å². The van der Waals surface area contributed by atoms with Crippen LogP contribution in [0, 0.1) is 0 Å². The van der Waals surface area contributed by atoms with E-state index in [-0.39, 0.29) is 11.4 Å². The summed E-state index contributed by atoms with van der Waals surface area (Å²) in [6.07, 6.45) is 6.23. The molecule has 0 unspecified atom stereocenters. The van der Waals surface area contributed by atoms with Crippen LogP contribution in [0.5, 0.6) is 5.75 Å². The first-order valence-electron chi connectivity index (χ1n) is 8.49. The Balaban J connectivity index is 1.82. The predicted octanol–water partition coefficient (Wildman–Crippen LogP) is 2.55. The summed E-state index contributed by atoms with van der Waals surface area (Å²) in [7, 11) is 1.61. The second-order valence-corrected chi connectivity index (χ2v) is 6.32. The van der Waals surface area contributed by atoms with Crippen molar-refractivity contribution in [3.8, 4) is 17.0 Å². The number of allylic oxidation sites excluding steroid dienone is 2. The van der Waals surface area contributed by atoms with Crippen molar-refractivity contribution in [3.63, 3.8) is 0 Å². The third-order valence-corrected chi connectivity index (χ3v) is 4.21. The third kappa shape index (κ3) is 4.57. The molecule has 0 atom stereocenters. The quantitative estimate of drug-likeness (QED) is 0.740. The van der Waals surface area contributed by atoms with Gasteiger partial charge < -0.3 is 10.4 Å². The average Bonchev–Trinajstić information content (AvgIpc) is 2.96. The number of guanidine groups is 1. The number of aliphatic imine (C=N–C) groups is 1. The minimum atomic E-state index is -0.501. The van der Waals surface area contributed by atoms with E-state index in [0.717, 1.165) is 12.0 Å². The molecule has 0 radical (unpaired) electrons. The van der Waals surface area contributed by atoms with Crippen LogP contribution in [0.2, 0.25) is 0 Å². The molecule has 1 aliphatic rings. The summed E-state index contributed by atoms with van der Waals surface area (Å²) in [5, 5.41) is 21.2. The third-order valence-electron chi connectivity index (χ3n) is 3.93. The highest BCUT2D eigenvalue weighted by Gasteiger charge is 2.23. The second kappa shape index (κ2) is 8.55. The topological polar surface area (TPSA) is 91.5 Å². The van der Waals surface area contributed by atoms with Gasteiger partial charge in [0.25, 0.3) is 5.91 Å². The largest absolute Gasteiger partial charge is 0.504 e. The van der Waals surface area contributed by atoms with Crippen LogP contribution in [0.3, 0.4) is 0 Å². The van der Waals surface area contributed by atoms with Crippen LogP contribution in [0.4, 0.5) is 0 Å². The molecule has 8 heteroatoms. The summed E-state index contributed by atoms with van der Waals surface area (Å²) in [6, 6.07) is 9.20. The molecule has 140 valence electrons. The van der Waals surface area contributed by atoms with Crippen molar-refractivity contribution in [2.24, 2.45) is 12.0 Å². The van der Waals surface area contributed by atoms with Crippen molar-refractivity contribution in [3.05, 3.63) is 59.3 Å². The molecule has 7 nitrogen and oxygen atoms in total. The lowest BCUT2D eigenvalue weighted by Gasteiger charge is -2.11. The number of aromatic nitrogens is 2. The molecular weight excluding hydrogens is 366 g/mol. The van der Waals surface area contributed by atoms with Gasteiger partial charge in [0.1, 0.15) is 5.69 Å². The van der Waals surface area contributed by atoms with E-state index in [2.05, 4.69) is 20.7 Å². The van der Waals surface area contributed by atoms with Gasteiger partial charge in [-0.05, 0) is 18.6 Å². The maximum atomic E-state index is 12.7. The van der Waals surface area contributed by atoms with E-state index < -0.39 is 5.91 Å². The molecule has 2 heterocycles. The van der Waals surface area contributed by atoms with E-state index in [9.17, 15) is 9.90 Å².